The number of ether oxygens (including phenoxy) is 1. The Morgan fingerprint density at radius 3 is 2.57 bits per heavy atom. The molecule has 1 aromatic heterocycles. The number of aryl methyl sites for hydroxylation is 2. The van der Waals surface area contributed by atoms with Crippen molar-refractivity contribution in [2.75, 3.05) is 20.2 Å². The van der Waals surface area contributed by atoms with Crippen LogP contribution in [0.2, 0.25) is 0 Å². The van der Waals surface area contributed by atoms with Gasteiger partial charge in [0.05, 0.1) is 30.0 Å². The molecule has 0 spiro atoms. The molecule has 0 saturated carbocycles. The smallest absolute Gasteiger partial charge is 0.0900 e. The fourth-order valence-corrected chi connectivity index (χ4v) is 3.61. The second-order valence-electron chi connectivity index (χ2n) is 5.95. The van der Waals surface area contributed by atoms with Gasteiger partial charge >= 0.3 is 0 Å². The molecular weight excluding hydrogens is 308 g/mol. The first-order valence-electron chi connectivity index (χ1n) is 7.91. The summed E-state index contributed by atoms with van der Waals surface area (Å²) in [5.41, 5.74) is 2.21. The van der Waals surface area contributed by atoms with Crippen LogP contribution >= 0.6 is 11.3 Å². The molecule has 2 aromatic rings. The summed E-state index contributed by atoms with van der Waals surface area (Å²) in [5.74, 6) is 0. The third-order valence-electron chi connectivity index (χ3n) is 3.90. The van der Waals surface area contributed by atoms with Crippen LogP contribution in [-0.4, -0.2) is 41.3 Å². The van der Waals surface area contributed by atoms with E-state index in [1.807, 2.05) is 51.2 Å². The van der Waals surface area contributed by atoms with Gasteiger partial charge < -0.3 is 9.84 Å². The van der Waals surface area contributed by atoms with Crippen LogP contribution in [0, 0.1) is 13.8 Å². The van der Waals surface area contributed by atoms with E-state index in [0.29, 0.717) is 19.8 Å². The van der Waals surface area contributed by atoms with Gasteiger partial charge in [0.1, 0.15) is 0 Å². The Balaban J connectivity index is 1.77. The summed E-state index contributed by atoms with van der Waals surface area (Å²) in [6, 6.07) is 10.3. The van der Waals surface area contributed by atoms with Crippen LogP contribution in [0.15, 0.2) is 30.3 Å². The lowest BCUT2D eigenvalue weighted by Gasteiger charge is -2.26. The van der Waals surface area contributed by atoms with Crippen LogP contribution in [0.25, 0.3) is 0 Å². The average molecular weight is 334 g/mol. The Morgan fingerprint density at radius 2 is 1.96 bits per heavy atom. The zero-order valence-corrected chi connectivity index (χ0v) is 15.1. The van der Waals surface area contributed by atoms with Crippen LogP contribution in [0.3, 0.4) is 0 Å². The molecule has 5 heteroatoms. The molecule has 0 fully saturated rings. The molecular formula is C18H26N2O2S. The van der Waals surface area contributed by atoms with Crippen molar-refractivity contribution in [2.45, 2.75) is 39.5 Å². The van der Waals surface area contributed by atoms with E-state index in [9.17, 15) is 5.11 Å². The van der Waals surface area contributed by atoms with Crippen molar-refractivity contribution < 1.29 is 9.84 Å². The number of hydrogen-bond acceptors (Lipinski definition) is 5. The fraction of sp³-hybridized carbons (Fsp3) is 0.500. The third kappa shape index (κ3) is 5.39. The number of benzene rings is 1. The number of aromatic nitrogens is 1. The number of likely N-dealkylation sites (N-methyl/N-ethyl adjacent to an activating group) is 1. The lowest BCUT2D eigenvalue weighted by Crippen LogP contribution is -2.33. The molecule has 0 aliphatic rings. The highest BCUT2D eigenvalue weighted by molar-refractivity contribution is 7.11. The van der Waals surface area contributed by atoms with Gasteiger partial charge in [-0.05, 0) is 33.4 Å². The fourth-order valence-electron chi connectivity index (χ4n) is 2.57. The minimum Gasteiger partial charge on any atom is -0.389 e. The van der Waals surface area contributed by atoms with Crippen LogP contribution < -0.4 is 0 Å². The van der Waals surface area contributed by atoms with Gasteiger partial charge in [0.25, 0.3) is 0 Å². The summed E-state index contributed by atoms with van der Waals surface area (Å²) in [6.07, 6.45) is -0.500. The van der Waals surface area contributed by atoms with Crippen molar-refractivity contribution in [2.24, 2.45) is 0 Å². The van der Waals surface area contributed by atoms with E-state index in [2.05, 4.69) is 16.8 Å². The maximum Gasteiger partial charge on any atom is 0.0900 e. The van der Waals surface area contributed by atoms with Crippen molar-refractivity contribution in [3.05, 3.63) is 51.5 Å². The quantitative estimate of drug-likeness (QED) is 0.804. The van der Waals surface area contributed by atoms with E-state index in [1.165, 1.54) is 4.88 Å². The molecule has 0 radical (unpaired) electrons. The number of aliphatic hydroxyl groups excluding tert-OH is 1. The Hall–Kier alpha value is -1.27. The van der Waals surface area contributed by atoms with Crippen LogP contribution in [-0.2, 0) is 11.3 Å². The van der Waals surface area contributed by atoms with Gasteiger partial charge in [0, 0.05) is 17.5 Å². The molecule has 2 atom stereocenters. The molecule has 1 heterocycles. The first-order valence-corrected chi connectivity index (χ1v) is 8.73. The first-order chi connectivity index (χ1) is 11.0. The normalized spacial score (nSPS) is 14.2. The molecule has 4 nitrogen and oxygen atoms in total. The molecule has 0 aliphatic carbocycles. The van der Waals surface area contributed by atoms with Crippen LogP contribution in [0.5, 0.6) is 0 Å². The zero-order valence-electron chi connectivity index (χ0n) is 14.3. The van der Waals surface area contributed by atoms with Gasteiger partial charge in [-0.25, -0.2) is 4.98 Å². The monoisotopic (exact) mass is 334 g/mol. The maximum absolute atomic E-state index is 10.2. The summed E-state index contributed by atoms with van der Waals surface area (Å²) in [6.45, 7) is 7.67. The van der Waals surface area contributed by atoms with Crippen LogP contribution in [0.1, 0.15) is 34.1 Å². The number of thiazole rings is 1. The second-order valence-corrected chi connectivity index (χ2v) is 7.19. The van der Waals surface area contributed by atoms with E-state index < -0.39 is 6.10 Å². The predicted molar refractivity (Wildman–Crippen MR) is 94.7 cm³/mol. The van der Waals surface area contributed by atoms with Crippen molar-refractivity contribution in [1.82, 2.24) is 9.88 Å². The highest BCUT2D eigenvalue weighted by atomic mass is 32.1. The minimum atomic E-state index is -0.500. The number of hydrogen-bond donors (Lipinski definition) is 1. The molecule has 126 valence electrons. The summed E-state index contributed by atoms with van der Waals surface area (Å²) in [5, 5.41) is 11.3. The Kier molecular flexibility index (Phi) is 6.72. The van der Waals surface area contributed by atoms with Crippen LogP contribution in [0.4, 0.5) is 0 Å². The summed E-state index contributed by atoms with van der Waals surface area (Å²) < 4.78 is 5.61. The second kappa shape index (κ2) is 8.55. The largest absolute Gasteiger partial charge is 0.389 e. The highest BCUT2D eigenvalue weighted by Crippen LogP contribution is 2.28. The molecule has 2 rings (SSSR count). The summed E-state index contributed by atoms with van der Waals surface area (Å²) >= 11 is 1.73. The van der Waals surface area contributed by atoms with Crippen molar-refractivity contribution >= 4 is 11.3 Å². The van der Waals surface area contributed by atoms with Crippen molar-refractivity contribution in [3.8, 4) is 0 Å². The Bertz CT molecular complexity index is 600. The van der Waals surface area contributed by atoms with E-state index in [4.69, 9.17) is 4.74 Å². The van der Waals surface area contributed by atoms with E-state index >= 15 is 0 Å². The minimum absolute atomic E-state index is 0.241. The van der Waals surface area contributed by atoms with E-state index in [-0.39, 0.29) is 6.04 Å². The average Bonchev–Trinajstić information content (AvgIpc) is 2.86. The molecule has 0 bridgehead atoms. The molecule has 0 aliphatic heterocycles. The zero-order chi connectivity index (χ0) is 16.8. The predicted octanol–water partition coefficient (Wildman–Crippen LogP) is 3.33. The van der Waals surface area contributed by atoms with Crippen molar-refractivity contribution in [3.63, 3.8) is 0 Å². The number of rotatable bonds is 8. The number of aliphatic hydroxyl groups is 1. The molecule has 23 heavy (non-hydrogen) atoms. The molecule has 0 saturated heterocycles. The first kappa shape index (κ1) is 18.1. The maximum atomic E-state index is 10.2. The topological polar surface area (TPSA) is 45.6 Å². The Labute approximate surface area is 142 Å². The Morgan fingerprint density at radius 1 is 1.26 bits per heavy atom. The third-order valence-corrected chi connectivity index (χ3v) is 5.14. The lowest BCUT2D eigenvalue weighted by atomic mass is 10.2. The van der Waals surface area contributed by atoms with Gasteiger partial charge in [-0.2, -0.15) is 0 Å². The van der Waals surface area contributed by atoms with Gasteiger partial charge in [0.15, 0.2) is 0 Å². The molecule has 1 aromatic carbocycles. The molecule has 1 N–H and O–H groups in total. The lowest BCUT2D eigenvalue weighted by molar-refractivity contribution is 0.00869. The van der Waals surface area contributed by atoms with E-state index in [1.54, 1.807) is 11.3 Å². The van der Waals surface area contributed by atoms with Gasteiger partial charge in [-0.3, -0.25) is 4.90 Å². The SMILES string of the molecule is Cc1nc(C)c(C(C)N(C)CC(O)COCc2ccccc2)s1. The highest BCUT2D eigenvalue weighted by Gasteiger charge is 2.19. The molecule has 2 unspecified atom stereocenters. The summed E-state index contributed by atoms with van der Waals surface area (Å²) in [7, 11) is 2.03. The standard InChI is InChI=1S/C18H26N2O2S/c1-13-18(23-15(3)19-13)14(2)20(4)10-17(21)12-22-11-16-8-6-5-7-9-16/h5-9,14,17,21H,10-12H2,1-4H3. The van der Waals surface area contributed by atoms with E-state index in [0.717, 1.165) is 16.3 Å². The van der Waals surface area contributed by atoms with Gasteiger partial charge in [-0.15, -0.1) is 11.3 Å². The number of nitrogens with zero attached hydrogens (tertiary/aromatic N) is 2. The van der Waals surface area contributed by atoms with Gasteiger partial charge in [-0.1, -0.05) is 30.3 Å². The van der Waals surface area contributed by atoms with Crippen molar-refractivity contribution in [1.29, 1.82) is 0 Å². The summed E-state index contributed by atoms with van der Waals surface area (Å²) in [4.78, 5) is 7.90. The molecule has 0 amide bonds. The van der Waals surface area contributed by atoms with Gasteiger partial charge in [0.2, 0.25) is 0 Å².